The van der Waals surface area contributed by atoms with Gasteiger partial charge in [0.25, 0.3) is 0 Å². The predicted octanol–water partition coefficient (Wildman–Crippen LogP) is 3.62. The Bertz CT molecular complexity index is 788. The van der Waals surface area contributed by atoms with E-state index in [-0.39, 0.29) is 0 Å². The summed E-state index contributed by atoms with van der Waals surface area (Å²) in [4.78, 5) is 9.93. The van der Waals surface area contributed by atoms with Gasteiger partial charge in [0.05, 0.1) is 30.6 Å². The van der Waals surface area contributed by atoms with Gasteiger partial charge in [-0.2, -0.15) is 0 Å². The second-order valence-corrected chi connectivity index (χ2v) is 6.08. The molecule has 4 heteroatoms. The Morgan fingerprint density at radius 2 is 1.78 bits per heavy atom. The van der Waals surface area contributed by atoms with Gasteiger partial charge < -0.3 is 9.72 Å². The second kappa shape index (κ2) is 6.14. The van der Waals surface area contributed by atoms with Crippen LogP contribution in [-0.4, -0.2) is 41.2 Å². The third kappa shape index (κ3) is 2.87. The van der Waals surface area contributed by atoms with E-state index in [2.05, 4.69) is 64.3 Å². The highest BCUT2D eigenvalue weighted by molar-refractivity contribution is 5.81. The standard InChI is InChI=1S/C19H21N3O/c1-14(22-8-10-23-11-9-22)15-2-4-16(5-3-15)17-6-7-18-19(12-17)21-13-20-18/h2-7,12-14H,8-11H2,1H3,(H,20,21). The lowest BCUT2D eigenvalue weighted by atomic mass is 10.00. The summed E-state index contributed by atoms with van der Waals surface area (Å²) >= 11 is 0. The molecule has 0 saturated carbocycles. The van der Waals surface area contributed by atoms with Crippen LogP contribution in [0, 0.1) is 0 Å². The molecule has 1 aromatic heterocycles. The first-order valence-electron chi connectivity index (χ1n) is 8.16. The number of benzene rings is 2. The smallest absolute Gasteiger partial charge is 0.0931 e. The van der Waals surface area contributed by atoms with Crippen molar-refractivity contribution in [3.63, 3.8) is 0 Å². The van der Waals surface area contributed by atoms with Gasteiger partial charge in [0.1, 0.15) is 0 Å². The molecule has 1 atom stereocenters. The highest BCUT2D eigenvalue weighted by Gasteiger charge is 2.18. The van der Waals surface area contributed by atoms with Gasteiger partial charge in [-0.15, -0.1) is 0 Å². The zero-order chi connectivity index (χ0) is 15.6. The van der Waals surface area contributed by atoms with Crippen LogP contribution in [0.4, 0.5) is 0 Å². The highest BCUT2D eigenvalue weighted by atomic mass is 16.5. The minimum absolute atomic E-state index is 0.433. The fraction of sp³-hybridized carbons (Fsp3) is 0.316. The van der Waals surface area contributed by atoms with E-state index < -0.39 is 0 Å². The summed E-state index contributed by atoms with van der Waals surface area (Å²) in [5.41, 5.74) is 5.89. The fourth-order valence-corrected chi connectivity index (χ4v) is 3.24. The van der Waals surface area contributed by atoms with Crippen molar-refractivity contribution in [2.24, 2.45) is 0 Å². The number of fused-ring (bicyclic) bond motifs is 1. The van der Waals surface area contributed by atoms with Crippen molar-refractivity contribution in [3.05, 3.63) is 54.4 Å². The summed E-state index contributed by atoms with van der Waals surface area (Å²) in [6.07, 6.45) is 1.74. The van der Waals surface area contributed by atoms with Crippen LogP contribution in [0.1, 0.15) is 18.5 Å². The molecule has 23 heavy (non-hydrogen) atoms. The number of aromatic nitrogens is 2. The van der Waals surface area contributed by atoms with Crippen LogP contribution < -0.4 is 0 Å². The van der Waals surface area contributed by atoms with Crippen LogP contribution >= 0.6 is 0 Å². The zero-order valence-corrected chi connectivity index (χ0v) is 13.3. The number of nitrogens with one attached hydrogen (secondary N) is 1. The molecule has 1 fully saturated rings. The third-order valence-electron chi connectivity index (χ3n) is 4.74. The first-order chi connectivity index (χ1) is 11.3. The molecule has 4 rings (SSSR count). The average molecular weight is 307 g/mol. The summed E-state index contributed by atoms with van der Waals surface area (Å²) in [6, 6.07) is 15.7. The van der Waals surface area contributed by atoms with Crippen LogP contribution in [0.2, 0.25) is 0 Å². The Morgan fingerprint density at radius 1 is 1.04 bits per heavy atom. The maximum atomic E-state index is 5.44. The van der Waals surface area contributed by atoms with Gasteiger partial charge in [0.15, 0.2) is 0 Å². The third-order valence-corrected chi connectivity index (χ3v) is 4.74. The summed E-state index contributed by atoms with van der Waals surface area (Å²) < 4.78 is 5.44. The molecule has 1 aliphatic rings. The minimum Gasteiger partial charge on any atom is -0.379 e. The number of ether oxygens (including phenoxy) is 1. The van der Waals surface area contributed by atoms with E-state index in [0.717, 1.165) is 37.3 Å². The topological polar surface area (TPSA) is 41.2 Å². The molecule has 4 nitrogen and oxygen atoms in total. The highest BCUT2D eigenvalue weighted by Crippen LogP contribution is 2.26. The Kier molecular flexibility index (Phi) is 3.85. The van der Waals surface area contributed by atoms with Gasteiger partial charge in [-0.1, -0.05) is 30.3 Å². The summed E-state index contributed by atoms with van der Waals surface area (Å²) in [7, 11) is 0. The van der Waals surface area contributed by atoms with Crippen LogP contribution in [0.25, 0.3) is 22.2 Å². The molecule has 0 spiro atoms. The number of H-pyrrole nitrogens is 1. The van der Waals surface area contributed by atoms with Gasteiger partial charge in [-0.3, -0.25) is 4.90 Å². The maximum absolute atomic E-state index is 5.44. The minimum atomic E-state index is 0.433. The van der Waals surface area contributed by atoms with Crippen LogP contribution in [0.15, 0.2) is 48.8 Å². The van der Waals surface area contributed by atoms with Gasteiger partial charge in [-0.25, -0.2) is 4.98 Å². The molecule has 3 aromatic rings. The Labute approximate surface area is 136 Å². The molecule has 2 heterocycles. The lowest BCUT2D eigenvalue weighted by Gasteiger charge is -2.32. The lowest BCUT2D eigenvalue weighted by molar-refractivity contribution is 0.0198. The molecular weight excluding hydrogens is 286 g/mol. The number of morpholine rings is 1. The van der Waals surface area contributed by atoms with E-state index in [1.165, 1.54) is 16.7 Å². The summed E-state index contributed by atoms with van der Waals surface area (Å²) in [5, 5.41) is 0. The predicted molar refractivity (Wildman–Crippen MR) is 92.3 cm³/mol. The Balaban J connectivity index is 1.57. The SMILES string of the molecule is CC(c1ccc(-c2ccc3nc[nH]c3c2)cc1)N1CCOCC1. The molecule has 0 bridgehead atoms. The van der Waals surface area contributed by atoms with E-state index in [4.69, 9.17) is 4.74 Å². The number of imidazole rings is 1. The van der Waals surface area contributed by atoms with E-state index in [1.54, 1.807) is 6.33 Å². The fourth-order valence-electron chi connectivity index (χ4n) is 3.24. The first-order valence-corrected chi connectivity index (χ1v) is 8.16. The van der Waals surface area contributed by atoms with Crippen LogP contribution in [0.5, 0.6) is 0 Å². The molecule has 2 aromatic carbocycles. The van der Waals surface area contributed by atoms with Gasteiger partial charge >= 0.3 is 0 Å². The number of hydrogen-bond donors (Lipinski definition) is 1. The molecule has 1 aliphatic heterocycles. The largest absolute Gasteiger partial charge is 0.379 e. The quantitative estimate of drug-likeness (QED) is 0.803. The van der Waals surface area contributed by atoms with Crippen LogP contribution in [0.3, 0.4) is 0 Å². The lowest BCUT2D eigenvalue weighted by Crippen LogP contribution is -2.37. The molecule has 118 valence electrons. The van der Waals surface area contributed by atoms with Gasteiger partial charge in [0.2, 0.25) is 0 Å². The molecule has 1 unspecified atom stereocenters. The van der Waals surface area contributed by atoms with Crippen LogP contribution in [-0.2, 0) is 4.74 Å². The average Bonchev–Trinajstić information content (AvgIpc) is 3.10. The van der Waals surface area contributed by atoms with Crippen molar-refractivity contribution in [2.45, 2.75) is 13.0 Å². The molecule has 1 N–H and O–H groups in total. The summed E-state index contributed by atoms with van der Waals surface area (Å²) in [6.45, 7) is 5.98. The monoisotopic (exact) mass is 307 g/mol. The van der Waals surface area contributed by atoms with Crippen molar-refractivity contribution in [2.75, 3.05) is 26.3 Å². The molecule has 1 saturated heterocycles. The van der Waals surface area contributed by atoms with Crippen molar-refractivity contribution in [3.8, 4) is 11.1 Å². The van der Waals surface area contributed by atoms with Crippen molar-refractivity contribution < 1.29 is 4.74 Å². The summed E-state index contributed by atoms with van der Waals surface area (Å²) in [5.74, 6) is 0. The van der Waals surface area contributed by atoms with Crippen molar-refractivity contribution in [1.29, 1.82) is 0 Å². The molecule has 0 aliphatic carbocycles. The first kappa shape index (κ1) is 14.4. The van der Waals surface area contributed by atoms with E-state index in [9.17, 15) is 0 Å². The second-order valence-electron chi connectivity index (χ2n) is 6.08. The Hall–Kier alpha value is -2.17. The zero-order valence-electron chi connectivity index (χ0n) is 13.3. The van der Waals surface area contributed by atoms with E-state index in [1.807, 2.05) is 0 Å². The number of aromatic amines is 1. The van der Waals surface area contributed by atoms with Gasteiger partial charge in [-0.05, 0) is 35.7 Å². The Morgan fingerprint density at radius 3 is 2.57 bits per heavy atom. The number of nitrogens with zero attached hydrogens (tertiary/aromatic N) is 2. The number of rotatable bonds is 3. The van der Waals surface area contributed by atoms with Crippen molar-refractivity contribution in [1.82, 2.24) is 14.9 Å². The van der Waals surface area contributed by atoms with E-state index >= 15 is 0 Å². The molecule has 0 radical (unpaired) electrons. The normalized spacial score (nSPS) is 17.4. The maximum Gasteiger partial charge on any atom is 0.0931 e. The molecule has 0 amide bonds. The van der Waals surface area contributed by atoms with Crippen molar-refractivity contribution >= 4 is 11.0 Å². The van der Waals surface area contributed by atoms with Gasteiger partial charge in [0, 0.05) is 19.1 Å². The van der Waals surface area contributed by atoms with E-state index in [0.29, 0.717) is 6.04 Å². The molecular formula is C19H21N3O. The number of hydrogen-bond acceptors (Lipinski definition) is 3.